The molecule has 0 bridgehead atoms. The minimum atomic E-state index is 0.0146. The van der Waals surface area contributed by atoms with Crippen LogP contribution >= 0.6 is 11.3 Å². The van der Waals surface area contributed by atoms with E-state index >= 15 is 0 Å². The van der Waals surface area contributed by atoms with Gasteiger partial charge < -0.3 is 15.4 Å². The molecule has 0 radical (unpaired) electrons. The number of ketones is 1. The fraction of sp³-hybridized carbons (Fsp3) is 0.688. The van der Waals surface area contributed by atoms with E-state index in [0.29, 0.717) is 16.3 Å². The van der Waals surface area contributed by atoms with Gasteiger partial charge in [-0.15, -0.1) is 11.3 Å². The fourth-order valence-corrected chi connectivity index (χ4v) is 3.88. The molecule has 1 aromatic heterocycles. The van der Waals surface area contributed by atoms with Crippen LogP contribution in [0.15, 0.2) is 0 Å². The van der Waals surface area contributed by atoms with Crippen LogP contribution in [-0.2, 0) is 0 Å². The Kier molecular flexibility index (Phi) is 5.14. The Morgan fingerprint density at radius 1 is 1.43 bits per heavy atom. The highest BCUT2D eigenvalue weighted by atomic mass is 32.1. The van der Waals surface area contributed by atoms with Crippen LogP contribution in [-0.4, -0.2) is 25.0 Å². The predicted octanol–water partition coefficient (Wildman–Crippen LogP) is 3.95. The number of carbonyl (C=O) groups excluding carboxylic acids is 1. The second kappa shape index (κ2) is 6.69. The van der Waals surface area contributed by atoms with Crippen LogP contribution in [0.4, 0.5) is 10.7 Å². The summed E-state index contributed by atoms with van der Waals surface area (Å²) in [5, 5.41) is 1.03. The van der Waals surface area contributed by atoms with Crippen molar-refractivity contribution in [2.75, 3.05) is 23.7 Å². The molecule has 1 aliphatic rings. The van der Waals surface area contributed by atoms with Crippen LogP contribution in [0, 0.1) is 5.92 Å². The van der Waals surface area contributed by atoms with Crippen molar-refractivity contribution in [1.29, 1.82) is 0 Å². The molecule has 4 nitrogen and oxygen atoms in total. The van der Waals surface area contributed by atoms with E-state index < -0.39 is 0 Å². The van der Waals surface area contributed by atoms with Gasteiger partial charge >= 0.3 is 0 Å². The largest absolute Gasteiger partial charge is 0.486 e. The number of Topliss-reactive ketones (excluding diaryl/α,β-unsaturated/α-hetero) is 1. The highest BCUT2D eigenvalue weighted by Gasteiger charge is 2.27. The summed E-state index contributed by atoms with van der Waals surface area (Å²) in [5.74, 6) is 1.54. The predicted molar refractivity (Wildman–Crippen MR) is 89.7 cm³/mol. The third-order valence-electron chi connectivity index (χ3n) is 4.03. The number of nitrogens with zero attached hydrogens (tertiary/aromatic N) is 1. The van der Waals surface area contributed by atoms with Gasteiger partial charge in [0.25, 0.3) is 0 Å². The zero-order valence-electron chi connectivity index (χ0n) is 13.4. The van der Waals surface area contributed by atoms with Crippen molar-refractivity contribution < 1.29 is 9.53 Å². The van der Waals surface area contributed by atoms with Gasteiger partial charge in [-0.05, 0) is 32.6 Å². The van der Waals surface area contributed by atoms with E-state index in [2.05, 4.69) is 11.8 Å². The molecular formula is C16H26N2O2S. The summed E-state index contributed by atoms with van der Waals surface area (Å²) in [6.07, 6.45) is 3.69. The summed E-state index contributed by atoms with van der Waals surface area (Å²) >= 11 is 1.48. The van der Waals surface area contributed by atoms with Crippen molar-refractivity contribution in [3.05, 3.63) is 4.88 Å². The molecule has 0 atom stereocenters. The molecule has 1 aromatic rings. The second-order valence-electron chi connectivity index (χ2n) is 6.04. The number of hydrogen-bond acceptors (Lipinski definition) is 5. The number of carbonyl (C=O) groups is 1. The molecule has 0 aromatic carbocycles. The van der Waals surface area contributed by atoms with E-state index in [4.69, 9.17) is 10.5 Å². The van der Waals surface area contributed by atoms with Gasteiger partial charge in [0.1, 0.15) is 5.00 Å². The normalized spacial score (nSPS) is 16.5. The quantitative estimate of drug-likeness (QED) is 0.837. The molecule has 1 aliphatic heterocycles. The van der Waals surface area contributed by atoms with E-state index in [9.17, 15) is 4.79 Å². The maximum atomic E-state index is 11.8. The molecule has 2 heterocycles. The molecule has 0 aliphatic carbocycles. The highest BCUT2D eigenvalue weighted by Crippen LogP contribution is 2.46. The number of nitrogen functional groups attached to an aromatic ring is 1. The summed E-state index contributed by atoms with van der Waals surface area (Å²) in [5.41, 5.74) is 6.66. The molecule has 2 rings (SSSR count). The minimum absolute atomic E-state index is 0.0146. The van der Waals surface area contributed by atoms with Crippen molar-refractivity contribution in [3.8, 4) is 5.75 Å². The Hall–Kier alpha value is -1.23. The Bertz CT molecular complexity index is 503. The number of rotatable bonds is 5. The Morgan fingerprint density at radius 3 is 2.52 bits per heavy atom. The van der Waals surface area contributed by atoms with Crippen molar-refractivity contribution in [2.24, 2.45) is 5.92 Å². The fourth-order valence-electron chi connectivity index (χ4n) is 2.78. The molecule has 0 spiro atoms. The lowest BCUT2D eigenvalue weighted by atomic mass is 9.94. The molecule has 1 saturated heterocycles. The maximum absolute atomic E-state index is 11.8. The minimum Gasteiger partial charge on any atom is -0.486 e. The number of thiophene rings is 1. The van der Waals surface area contributed by atoms with E-state index in [0.717, 1.165) is 24.0 Å². The monoisotopic (exact) mass is 310 g/mol. The van der Waals surface area contributed by atoms with Gasteiger partial charge in [0, 0.05) is 20.0 Å². The van der Waals surface area contributed by atoms with Crippen LogP contribution < -0.4 is 15.4 Å². The van der Waals surface area contributed by atoms with Crippen molar-refractivity contribution in [1.82, 2.24) is 0 Å². The third-order valence-corrected chi connectivity index (χ3v) is 5.38. The second-order valence-corrected chi connectivity index (χ2v) is 7.04. The highest BCUT2D eigenvalue weighted by molar-refractivity contribution is 7.19. The molecule has 1 fully saturated rings. The summed E-state index contributed by atoms with van der Waals surface area (Å²) in [7, 11) is 0. The number of anilines is 2. The molecule has 118 valence electrons. The summed E-state index contributed by atoms with van der Waals surface area (Å²) in [4.78, 5) is 14.7. The van der Waals surface area contributed by atoms with Gasteiger partial charge in [0.2, 0.25) is 0 Å². The molecule has 0 amide bonds. The lowest BCUT2D eigenvalue weighted by Gasteiger charge is -2.32. The summed E-state index contributed by atoms with van der Waals surface area (Å²) in [6.45, 7) is 9.82. The lowest BCUT2D eigenvalue weighted by molar-refractivity contribution is 0.102. The Morgan fingerprint density at radius 2 is 2.05 bits per heavy atom. The van der Waals surface area contributed by atoms with E-state index in [1.807, 2.05) is 13.8 Å². The standard InChI is InChI=1S/C16H26N2O2S/c1-5-12-6-8-18(9-7-12)16-14(20-10(2)3)13(17)15(21-16)11(4)19/h10,12H,5-9,17H2,1-4H3. The number of nitrogens with two attached hydrogens (primary N) is 1. The first kappa shape index (κ1) is 16.1. The van der Waals surface area contributed by atoms with Crippen LogP contribution in [0.5, 0.6) is 5.75 Å². The van der Waals surface area contributed by atoms with Crippen LogP contribution in [0.25, 0.3) is 0 Å². The molecule has 0 unspecified atom stereocenters. The van der Waals surface area contributed by atoms with Gasteiger partial charge in [-0.3, -0.25) is 4.79 Å². The Labute approximate surface area is 131 Å². The smallest absolute Gasteiger partial charge is 0.177 e. The van der Waals surface area contributed by atoms with Gasteiger partial charge in [-0.2, -0.15) is 0 Å². The average molecular weight is 310 g/mol. The topological polar surface area (TPSA) is 55.6 Å². The Balaban J connectivity index is 2.29. The first-order valence-electron chi connectivity index (χ1n) is 7.78. The van der Waals surface area contributed by atoms with Crippen molar-refractivity contribution in [2.45, 2.75) is 53.1 Å². The van der Waals surface area contributed by atoms with E-state index in [1.165, 1.54) is 30.6 Å². The van der Waals surface area contributed by atoms with Crippen LogP contribution in [0.3, 0.4) is 0 Å². The number of ether oxygens (including phenoxy) is 1. The summed E-state index contributed by atoms with van der Waals surface area (Å²) < 4.78 is 5.90. The zero-order chi connectivity index (χ0) is 15.6. The third kappa shape index (κ3) is 3.51. The van der Waals surface area contributed by atoms with Crippen molar-refractivity contribution in [3.63, 3.8) is 0 Å². The van der Waals surface area contributed by atoms with Gasteiger partial charge in [-0.25, -0.2) is 0 Å². The van der Waals surface area contributed by atoms with Gasteiger partial charge in [-0.1, -0.05) is 13.3 Å². The molecule has 2 N–H and O–H groups in total. The zero-order valence-corrected chi connectivity index (χ0v) is 14.3. The first-order valence-corrected chi connectivity index (χ1v) is 8.60. The number of hydrogen-bond donors (Lipinski definition) is 1. The average Bonchev–Trinajstić information content (AvgIpc) is 2.76. The van der Waals surface area contributed by atoms with Gasteiger partial charge in [0.05, 0.1) is 16.7 Å². The van der Waals surface area contributed by atoms with Crippen molar-refractivity contribution >= 4 is 27.8 Å². The first-order chi connectivity index (χ1) is 9.93. The molecule has 0 saturated carbocycles. The van der Waals surface area contributed by atoms with Gasteiger partial charge in [0.15, 0.2) is 11.5 Å². The SMILES string of the molecule is CCC1CCN(c2sc(C(C)=O)c(N)c2OC(C)C)CC1. The summed E-state index contributed by atoms with van der Waals surface area (Å²) in [6, 6.07) is 0. The van der Waals surface area contributed by atoms with E-state index in [1.54, 1.807) is 6.92 Å². The lowest BCUT2D eigenvalue weighted by Crippen LogP contribution is -2.33. The van der Waals surface area contributed by atoms with Crippen LogP contribution in [0.1, 0.15) is 56.6 Å². The molecule has 5 heteroatoms. The molecular weight excluding hydrogens is 284 g/mol. The van der Waals surface area contributed by atoms with E-state index in [-0.39, 0.29) is 11.9 Å². The van der Waals surface area contributed by atoms with Crippen LogP contribution in [0.2, 0.25) is 0 Å². The maximum Gasteiger partial charge on any atom is 0.177 e. The number of piperidine rings is 1. The molecule has 21 heavy (non-hydrogen) atoms.